The first-order valence-corrected chi connectivity index (χ1v) is 7.82. The van der Waals surface area contributed by atoms with Crippen molar-refractivity contribution < 1.29 is 9.90 Å². The molecule has 0 aromatic carbocycles. The Labute approximate surface area is 134 Å². The summed E-state index contributed by atoms with van der Waals surface area (Å²) >= 11 is 0. The molecule has 1 aliphatic rings. The van der Waals surface area contributed by atoms with Gasteiger partial charge in [0, 0.05) is 5.41 Å². The number of rotatable bonds is 5. The molecule has 0 fully saturated rings. The Morgan fingerprint density at radius 1 is 1.18 bits per heavy atom. The van der Waals surface area contributed by atoms with Crippen LogP contribution in [-0.2, 0) is 4.79 Å². The van der Waals surface area contributed by atoms with Crippen LogP contribution in [0.2, 0.25) is 0 Å². The zero-order chi connectivity index (χ0) is 16.8. The lowest BCUT2D eigenvalue weighted by Crippen LogP contribution is -2.34. The third-order valence-electron chi connectivity index (χ3n) is 4.34. The minimum absolute atomic E-state index is 0.196. The average molecular weight is 300 g/mol. The predicted octanol–water partition coefficient (Wildman–Crippen LogP) is 4.69. The molecule has 0 saturated heterocycles. The second-order valence-corrected chi connectivity index (χ2v) is 6.62. The van der Waals surface area contributed by atoms with E-state index in [1.165, 1.54) is 17.2 Å². The van der Waals surface area contributed by atoms with Gasteiger partial charge in [0.15, 0.2) is 0 Å². The summed E-state index contributed by atoms with van der Waals surface area (Å²) in [5, 5.41) is 10.2. The van der Waals surface area contributed by atoms with E-state index < -0.39 is 0 Å². The van der Waals surface area contributed by atoms with Crippen molar-refractivity contribution in [1.82, 2.24) is 0 Å². The fourth-order valence-electron chi connectivity index (χ4n) is 2.72. The third kappa shape index (κ3) is 4.96. The topological polar surface area (TPSA) is 37.3 Å². The van der Waals surface area contributed by atoms with Crippen LogP contribution in [0.3, 0.4) is 0 Å². The van der Waals surface area contributed by atoms with Crippen LogP contribution in [0.1, 0.15) is 47.5 Å². The van der Waals surface area contributed by atoms with Crippen LogP contribution >= 0.6 is 0 Å². The molecule has 2 heteroatoms. The Hall–Kier alpha value is -1.67. The number of aldehydes is 1. The molecule has 0 heterocycles. The van der Waals surface area contributed by atoms with Crippen LogP contribution < -0.4 is 0 Å². The summed E-state index contributed by atoms with van der Waals surface area (Å²) in [4.78, 5) is 10.3. The van der Waals surface area contributed by atoms with Crippen LogP contribution in [0.4, 0.5) is 0 Å². The summed E-state index contributed by atoms with van der Waals surface area (Å²) in [5.74, 6) is 0. The highest BCUT2D eigenvalue weighted by Crippen LogP contribution is 2.41. The number of allylic oxidation sites excluding steroid dienone is 9. The van der Waals surface area contributed by atoms with E-state index >= 15 is 0 Å². The second-order valence-electron chi connectivity index (χ2n) is 6.62. The first-order valence-electron chi connectivity index (χ1n) is 7.82. The Bertz CT molecular complexity index is 554. The van der Waals surface area contributed by atoms with E-state index in [2.05, 4.69) is 32.9 Å². The lowest BCUT2D eigenvalue weighted by atomic mass is 9.70. The van der Waals surface area contributed by atoms with Crippen LogP contribution in [0.15, 0.2) is 58.7 Å². The Balaban J connectivity index is 2.86. The molecule has 1 rings (SSSR count). The molecule has 1 unspecified atom stereocenters. The maximum absolute atomic E-state index is 10.3. The van der Waals surface area contributed by atoms with Crippen molar-refractivity contribution in [2.24, 2.45) is 5.41 Å². The highest BCUT2D eigenvalue weighted by molar-refractivity contribution is 5.66. The maximum Gasteiger partial charge on any atom is 0.143 e. The van der Waals surface area contributed by atoms with Crippen molar-refractivity contribution in [2.45, 2.75) is 53.6 Å². The first kappa shape index (κ1) is 18.4. The highest BCUT2D eigenvalue weighted by atomic mass is 16.3. The van der Waals surface area contributed by atoms with Crippen LogP contribution in [0, 0.1) is 5.41 Å². The molecule has 0 aliphatic heterocycles. The minimum atomic E-state index is -0.281. The molecule has 0 amide bonds. The normalized spacial score (nSPS) is 23.6. The summed E-state index contributed by atoms with van der Waals surface area (Å²) in [7, 11) is 0. The van der Waals surface area contributed by atoms with E-state index in [-0.39, 0.29) is 11.5 Å². The van der Waals surface area contributed by atoms with E-state index in [4.69, 9.17) is 0 Å². The lowest BCUT2D eigenvalue weighted by molar-refractivity contribution is -0.104. The predicted molar refractivity (Wildman–Crippen MR) is 93.6 cm³/mol. The van der Waals surface area contributed by atoms with Crippen LogP contribution in [0.5, 0.6) is 0 Å². The van der Waals surface area contributed by atoms with Gasteiger partial charge >= 0.3 is 0 Å². The molecule has 0 aromatic rings. The number of carbonyl (C=O) groups excluding carboxylic acids is 1. The number of carbonyl (C=O) groups is 1. The van der Waals surface area contributed by atoms with E-state index in [0.29, 0.717) is 0 Å². The Kier molecular flexibility index (Phi) is 6.76. The first-order chi connectivity index (χ1) is 10.3. The van der Waals surface area contributed by atoms with E-state index in [1.807, 2.05) is 32.1 Å². The molecule has 0 bridgehead atoms. The second kappa shape index (κ2) is 8.09. The molecule has 0 saturated carbocycles. The smallest absolute Gasteiger partial charge is 0.143 e. The van der Waals surface area contributed by atoms with E-state index in [9.17, 15) is 9.90 Å². The number of aliphatic hydroxyl groups excluding tert-OH is 1. The molecule has 22 heavy (non-hydrogen) atoms. The molecule has 120 valence electrons. The van der Waals surface area contributed by atoms with Crippen LogP contribution in [-0.4, -0.2) is 17.5 Å². The zero-order valence-electron chi connectivity index (χ0n) is 14.4. The standard InChI is InChI=1S/C20H28O2/c1-15(7-6-8-16(2)13-14-21)9-11-18-17(3)10-12-19(22)20(18,4)5/h6-9,11,13-14,19,22H,10,12H2,1-5H3/b8-6+,11-9+,15-7+,16-13+. The van der Waals surface area contributed by atoms with Gasteiger partial charge in [-0.2, -0.15) is 0 Å². The zero-order valence-corrected chi connectivity index (χ0v) is 14.4. The summed E-state index contributed by atoms with van der Waals surface area (Å²) in [6.45, 7) is 10.3. The van der Waals surface area contributed by atoms with E-state index in [0.717, 1.165) is 30.3 Å². The van der Waals surface area contributed by atoms with E-state index in [1.54, 1.807) is 0 Å². The Morgan fingerprint density at radius 2 is 1.82 bits per heavy atom. The molecule has 0 aromatic heterocycles. The maximum atomic E-state index is 10.3. The molecular weight excluding hydrogens is 272 g/mol. The Morgan fingerprint density at radius 3 is 2.45 bits per heavy atom. The third-order valence-corrected chi connectivity index (χ3v) is 4.34. The SMILES string of the molecule is CC1=C(/C=C/C(C)=C/C=C/C(C)=C/C=O)C(C)(C)C(O)CC1. The van der Waals surface area contributed by atoms with Crippen molar-refractivity contribution in [2.75, 3.05) is 0 Å². The molecule has 0 spiro atoms. The number of hydrogen-bond acceptors (Lipinski definition) is 2. The van der Waals surface area contributed by atoms with Crippen molar-refractivity contribution in [3.05, 3.63) is 58.7 Å². The summed E-state index contributed by atoms with van der Waals surface area (Å²) < 4.78 is 0. The number of aliphatic hydroxyl groups is 1. The van der Waals surface area contributed by atoms with Crippen molar-refractivity contribution in [3.63, 3.8) is 0 Å². The number of hydrogen-bond donors (Lipinski definition) is 1. The molecule has 1 atom stereocenters. The summed E-state index contributed by atoms with van der Waals surface area (Å²) in [5.41, 5.74) is 4.46. The fourth-order valence-corrected chi connectivity index (χ4v) is 2.72. The summed E-state index contributed by atoms with van der Waals surface area (Å²) in [6.07, 6.45) is 13.9. The molecule has 0 radical (unpaired) electrons. The van der Waals surface area contributed by atoms with Gasteiger partial charge in [-0.05, 0) is 50.8 Å². The molecule has 2 nitrogen and oxygen atoms in total. The van der Waals surface area contributed by atoms with Crippen molar-refractivity contribution in [1.29, 1.82) is 0 Å². The van der Waals surface area contributed by atoms with Gasteiger partial charge in [0.2, 0.25) is 0 Å². The van der Waals surface area contributed by atoms with Gasteiger partial charge in [0.25, 0.3) is 0 Å². The molecule has 1 N–H and O–H groups in total. The van der Waals surface area contributed by atoms with Gasteiger partial charge in [-0.15, -0.1) is 0 Å². The average Bonchev–Trinajstić information content (AvgIpc) is 2.43. The van der Waals surface area contributed by atoms with Crippen molar-refractivity contribution >= 4 is 6.29 Å². The summed E-state index contributed by atoms with van der Waals surface area (Å²) in [6, 6.07) is 0. The highest BCUT2D eigenvalue weighted by Gasteiger charge is 2.34. The van der Waals surface area contributed by atoms with Crippen LogP contribution in [0.25, 0.3) is 0 Å². The van der Waals surface area contributed by atoms with Gasteiger partial charge in [0.1, 0.15) is 6.29 Å². The monoisotopic (exact) mass is 300 g/mol. The van der Waals surface area contributed by atoms with Gasteiger partial charge < -0.3 is 5.11 Å². The fraction of sp³-hybridized carbons (Fsp3) is 0.450. The largest absolute Gasteiger partial charge is 0.392 e. The molecular formula is C20H28O2. The van der Waals surface area contributed by atoms with Gasteiger partial charge in [-0.25, -0.2) is 0 Å². The van der Waals surface area contributed by atoms with Gasteiger partial charge in [-0.1, -0.05) is 55.4 Å². The van der Waals surface area contributed by atoms with Gasteiger partial charge in [0.05, 0.1) is 6.10 Å². The van der Waals surface area contributed by atoms with Crippen molar-refractivity contribution in [3.8, 4) is 0 Å². The lowest BCUT2D eigenvalue weighted by Gasteiger charge is -2.37. The minimum Gasteiger partial charge on any atom is -0.392 e. The molecule has 1 aliphatic carbocycles. The van der Waals surface area contributed by atoms with Gasteiger partial charge in [-0.3, -0.25) is 4.79 Å². The quantitative estimate of drug-likeness (QED) is 0.454.